The van der Waals surface area contributed by atoms with Gasteiger partial charge in [-0.25, -0.2) is 0 Å². The monoisotopic (exact) mass is 439 g/mol. The molecule has 3 heteroatoms. The van der Waals surface area contributed by atoms with E-state index in [1.54, 1.807) is 6.07 Å². The minimum absolute atomic E-state index is 0.206. The molecule has 32 heavy (non-hydrogen) atoms. The van der Waals surface area contributed by atoms with Crippen LogP contribution >= 0.6 is 0 Å². The van der Waals surface area contributed by atoms with Gasteiger partial charge in [-0.3, -0.25) is 0 Å². The van der Waals surface area contributed by atoms with Crippen molar-refractivity contribution in [2.45, 2.75) is 109 Å². The van der Waals surface area contributed by atoms with Gasteiger partial charge >= 0.3 is 0 Å². The number of unbranched alkanes of at least 4 members (excludes halogenated alkanes) is 4. The summed E-state index contributed by atoms with van der Waals surface area (Å²) in [5.41, 5.74) is 3.02. The SMILES string of the molecule is CCCCCCCc1ccc([C@H]2CC[C@H](CO[C@H]3CC[C@H](/C=C(/F)C#N)CC3)CC2)cc1. The molecule has 0 aromatic heterocycles. The van der Waals surface area contributed by atoms with Crippen molar-refractivity contribution in [1.82, 2.24) is 0 Å². The van der Waals surface area contributed by atoms with Gasteiger partial charge in [-0.1, -0.05) is 56.9 Å². The maximum absolute atomic E-state index is 13.1. The number of ether oxygens (including phenoxy) is 1. The van der Waals surface area contributed by atoms with E-state index < -0.39 is 5.83 Å². The molecule has 2 aliphatic rings. The summed E-state index contributed by atoms with van der Waals surface area (Å²) in [7, 11) is 0. The maximum atomic E-state index is 13.1. The van der Waals surface area contributed by atoms with Gasteiger partial charge in [-0.05, 0) is 99.2 Å². The van der Waals surface area contributed by atoms with Gasteiger partial charge in [0.25, 0.3) is 0 Å². The zero-order valence-corrected chi connectivity index (χ0v) is 20.0. The molecule has 0 saturated heterocycles. The number of rotatable bonds is 11. The Morgan fingerprint density at radius 2 is 1.66 bits per heavy atom. The highest BCUT2D eigenvalue weighted by Gasteiger charge is 2.25. The number of nitrogens with zero attached hydrogens (tertiary/aromatic N) is 1. The van der Waals surface area contributed by atoms with Crippen molar-refractivity contribution in [3.63, 3.8) is 0 Å². The van der Waals surface area contributed by atoms with Crippen molar-refractivity contribution in [1.29, 1.82) is 5.26 Å². The van der Waals surface area contributed by atoms with Crippen molar-refractivity contribution >= 4 is 0 Å². The van der Waals surface area contributed by atoms with Gasteiger partial charge in [-0.15, -0.1) is 0 Å². The fourth-order valence-corrected chi connectivity index (χ4v) is 5.49. The lowest BCUT2D eigenvalue weighted by Crippen LogP contribution is -2.25. The van der Waals surface area contributed by atoms with E-state index in [1.807, 2.05) is 0 Å². The Bertz CT molecular complexity index is 719. The van der Waals surface area contributed by atoms with E-state index in [-0.39, 0.29) is 5.92 Å². The molecule has 176 valence electrons. The Labute approximate surface area is 195 Å². The molecule has 0 spiro atoms. The molecule has 0 aliphatic heterocycles. The Hall–Kier alpha value is -1.66. The summed E-state index contributed by atoms with van der Waals surface area (Å²) < 4.78 is 19.4. The summed E-state index contributed by atoms with van der Waals surface area (Å²) in [6, 6.07) is 11.1. The maximum Gasteiger partial charge on any atom is 0.196 e. The second-order valence-electron chi connectivity index (χ2n) is 10.1. The molecule has 0 atom stereocenters. The minimum atomic E-state index is -0.636. The van der Waals surface area contributed by atoms with Crippen molar-refractivity contribution in [3.8, 4) is 6.07 Å². The third kappa shape index (κ3) is 8.36. The van der Waals surface area contributed by atoms with Crippen LogP contribution in [0.5, 0.6) is 0 Å². The predicted octanol–water partition coefficient (Wildman–Crippen LogP) is 8.43. The molecule has 0 radical (unpaired) electrons. The summed E-state index contributed by atoms with van der Waals surface area (Å²) in [6.07, 6.45) is 18.7. The first-order valence-corrected chi connectivity index (χ1v) is 13.2. The van der Waals surface area contributed by atoms with Crippen LogP contribution in [0.25, 0.3) is 0 Å². The zero-order chi connectivity index (χ0) is 22.6. The highest BCUT2D eigenvalue weighted by atomic mass is 19.1. The second-order valence-corrected chi connectivity index (χ2v) is 10.1. The highest BCUT2D eigenvalue weighted by Crippen LogP contribution is 2.37. The first-order chi connectivity index (χ1) is 15.7. The lowest BCUT2D eigenvalue weighted by atomic mass is 9.78. The number of hydrogen-bond acceptors (Lipinski definition) is 2. The number of nitriles is 1. The quantitative estimate of drug-likeness (QED) is 0.256. The van der Waals surface area contributed by atoms with E-state index in [1.165, 1.54) is 81.4 Å². The average Bonchev–Trinajstić information content (AvgIpc) is 2.84. The molecule has 0 bridgehead atoms. The molecule has 1 aromatic rings. The second kappa shape index (κ2) is 13.8. The summed E-state index contributed by atoms with van der Waals surface area (Å²) in [4.78, 5) is 0. The summed E-state index contributed by atoms with van der Waals surface area (Å²) in [5, 5.41) is 8.59. The van der Waals surface area contributed by atoms with Gasteiger partial charge < -0.3 is 4.74 Å². The van der Waals surface area contributed by atoms with Crippen molar-refractivity contribution < 1.29 is 9.13 Å². The van der Waals surface area contributed by atoms with Crippen LogP contribution in [0.3, 0.4) is 0 Å². The summed E-state index contributed by atoms with van der Waals surface area (Å²) in [6.45, 7) is 3.15. The van der Waals surface area contributed by atoms with Crippen LogP contribution in [0.4, 0.5) is 4.39 Å². The van der Waals surface area contributed by atoms with Crippen LogP contribution in [0.1, 0.15) is 107 Å². The summed E-state index contributed by atoms with van der Waals surface area (Å²) in [5.74, 6) is 0.963. The third-order valence-electron chi connectivity index (χ3n) is 7.64. The van der Waals surface area contributed by atoms with Crippen molar-refractivity contribution in [3.05, 3.63) is 47.3 Å². The topological polar surface area (TPSA) is 33.0 Å². The Morgan fingerprint density at radius 3 is 2.31 bits per heavy atom. The molecular formula is C29H42FNO. The molecule has 0 amide bonds. The van der Waals surface area contributed by atoms with Gasteiger partial charge in [0.15, 0.2) is 5.83 Å². The number of halogens is 1. The first-order valence-electron chi connectivity index (χ1n) is 13.2. The molecular weight excluding hydrogens is 397 g/mol. The van der Waals surface area contributed by atoms with Crippen molar-refractivity contribution in [2.24, 2.45) is 11.8 Å². The molecule has 2 fully saturated rings. The number of hydrogen-bond donors (Lipinski definition) is 0. The van der Waals surface area contributed by atoms with Crippen LogP contribution in [-0.4, -0.2) is 12.7 Å². The molecule has 0 heterocycles. The molecule has 2 nitrogen and oxygen atoms in total. The first kappa shape index (κ1) is 25.0. The van der Waals surface area contributed by atoms with Gasteiger partial charge in [0.1, 0.15) is 6.07 Å². The zero-order valence-electron chi connectivity index (χ0n) is 20.0. The standard InChI is InChI=1S/C29H42FNO/c1-2-3-4-5-6-7-23-8-14-26(15-9-23)27-16-10-25(11-17-27)22-32-29-18-12-24(13-19-29)20-28(30)21-31/h8-9,14-15,20,24-25,27,29H,2-7,10-13,16-19,22H2,1H3/b28-20+/t24-,25-,27-,29-. The van der Waals surface area contributed by atoms with E-state index in [4.69, 9.17) is 10.00 Å². The molecule has 0 N–H and O–H groups in total. The lowest BCUT2D eigenvalue weighted by molar-refractivity contribution is -0.00465. The van der Waals surface area contributed by atoms with Crippen LogP contribution < -0.4 is 0 Å². The highest BCUT2D eigenvalue weighted by molar-refractivity contribution is 5.26. The smallest absolute Gasteiger partial charge is 0.196 e. The van der Waals surface area contributed by atoms with E-state index >= 15 is 0 Å². The number of allylic oxidation sites excluding steroid dienone is 2. The van der Waals surface area contributed by atoms with Gasteiger partial charge in [0.05, 0.1) is 6.10 Å². The average molecular weight is 440 g/mol. The van der Waals surface area contributed by atoms with Gasteiger partial charge in [-0.2, -0.15) is 9.65 Å². The predicted molar refractivity (Wildman–Crippen MR) is 130 cm³/mol. The molecule has 2 aliphatic carbocycles. The van der Waals surface area contributed by atoms with E-state index in [0.29, 0.717) is 17.9 Å². The summed E-state index contributed by atoms with van der Waals surface area (Å²) >= 11 is 0. The number of benzene rings is 1. The van der Waals surface area contributed by atoms with E-state index in [2.05, 4.69) is 31.2 Å². The molecule has 3 rings (SSSR count). The molecule has 1 aromatic carbocycles. The third-order valence-corrected chi connectivity index (χ3v) is 7.64. The van der Waals surface area contributed by atoms with Crippen LogP contribution in [0.2, 0.25) is 0 Å². The van der Waals surface area contributed by atoms with Gasteiger partial charge in [0, 0.05) is 6.61 Å². The molecule has 0 unspecified atom stereocenters. The largest absolute Gasteiger partial charge is 0.378 e. The fraction of sp³-hybridized carbons (Fsp3) is 0.690. The minimum Gasteiger partial charge on any atom is -0.378 e. The van der Waals surface area contributed by atoms with Crippen molar-refractivity contribution in [2.75, 3.05) is 6.61 Å². The Morgan fingerprint density at radius 1 is 0.969 bits per heavy atom. The lowest BCUT2D eigenvalue weighted by Gasteiger charge is -2.32. The van der Waals surface area contributed by atoms with E-state index in [0.717, 1.165) is 32.3 Å². The van der Waals surface area contributed by atoms with Crippen LogP contribution in [-0.2, 0) is 11.2 Å². The Kier molecular flexibility index (Phi) is 10.8. The van der Waals surface area contributed by atoms with Crippen LogP contribution in [0.15, 0.2) is 36.2 Å². The van der Waals surface area contributed by atoms with E-state index in [9.17, 15) is 4.39 Å². The fourth-order valence-electron chi connectivity index (χ4n) is 5.49. The number of aryl methyl sites for hydroxylation is 1. The molecule has 2 saturated carbocycles. The Balaban J connectivity index is 1.31. The van der Waals surface area contributed by atoms with Crippen LogP contribution in [0, 0.1) is 23.2 Å². The normalized spacial score (nSPS) is 26.6. The van der Waals surface area contributed by atoms with Gasteiger partial charge in [0.2, 0.25) is 0 Å².